The summed E-state index contributed by atoms with van der Waals surface area (Å²) in [6, 6.07) is 11.5. The third kappa shape index (κ3) is 3.95. The van der Waals surface area contributed by atoms with Gasteiger partial charge in [0.15, 0.2) is 5.65 Å². The highest BCUT2D eigenvalue weighted by atomic mass is 16.5. The van der Waals surface area contributed by atoms with Gasteiger partial charge in [-0.25, -0.2) is 9.50 Å². The topological polar surface area (TPSA) is 80.6 Å². The molecule has 4 rings (SSSR count). The normalized spacial score (nSPS) is 16.4. The van der Waals surface area contributed by atoms with Crippen LogP contribution < -0.4 is 15.6 Å². The number of benzene rings is 1. The van der Waals surface area contributed by atoms with Crippen LogP contribution in [0.4, 0.5) is 0 Å². The predicted octanol–water partition coefficient (Wildman–Crippen LogP) is 2.78. The minimum Gasteiger partial charge on any atom is -0.497 e. The van der Waals surface area contributed by atoms with Gasteiger partial charge in [-0.1, -0.05) is 12.1 Å². The Hall–Kier alpha value is -2.64. The highest BCUT2D eigenvalue weighted by Gasteiger charge is 2.19. The number of H-pyrrole nitrogens is 1. The van der Waals surface area contributed by atoms with Gasteiger partial charge in [0.2, 0.25) is 0 Å². The number of nitrogens with zero attached hydrogens (tertiary/aromatic N) is 2. The molecule has 0 bridgehead atoms. The average molecular weight is 382 g/mol. The molecule has 1 atom stereocenters. The molecule has 0 saturated carbocycles. The van der Waals surface area contributed by atoms with Gasteiger partial charge in [-0.2, -0.15) is 0 Å². The van der Waals surface area contributed by atoms with Crippen molar-refractivity contribution in [2.24, 2.45) is 0 Å². The van der Waals surface area contributed by atoms with Crippen molar-refractivity contribution in [3.63, 3.8) is 0 Å². The van der Waals surface area contributed by atoms with Crippen molar-refractivity contribution in [3.8, 4) is 5.75 Å². The Bertz CT molecular complexity index is 1000. The molecule has 1 aliphatic heterocycles. The number of fused-ring (bicyclic) bond motifs is 1. The quantitative estimate of drug-likeness (QED) is 0.685. The Morgan fingerprint density at radius 2 is 2.14 bits per heavy atom. The third-order valence-electron chi connectivity index (χ3n) is 5.34. The molecule has 148 valence electrons. The van der Waals surface area contributed by atoms with Crippen LogP contribution in [0.1, 0.15) is 48.7 Å². The van der Waals surface area contributed by atoms with Gasteiger partial charge in [0.1, 0.15) is 5.75 Å². The summed E-state index contributed by atoms with van der Waals surface area (Å²) in [6.45, 7) is 4.21. The summed E-state index contributed by atoms with van der Waals surface area (Å²) in [5.41, 5.74) is 3.49. The van der Waals surface area contributed by atoms with E-state index in [1.165, 1.54) is 4.52 Å². The lowest BCUT2D eigenvalue weighted by Gasteiger charge is -2.20. The first-order valence-corrected chi connectivity index (χ1v) is 9.70. The summed E-state index contributed by atoms with van der Waals surface area (Å²) in [6.07, 6.45) is 1.93. The van der Waals surface area contributed by atoms with Crippen LogP contribution in [0.2, 0.25) is 0 Å². The molecule has 0 unspecified atom stereocenters. The minimum atomic E-state index is -0.0895. The van der Waals surface area contributed by atoms with Crippen molar-refractivity contribution < 1.29 is 9.47 Å². The van der Waals surface area contributed by atoms with Gasteiger partial charge in [-0.3, -0.25) is 9.89 Å². The van der Waals surface area contributed by atoms with Gasteiger partial charge < -0.3 is 14.8 Å². The molecule has 0 aliphatic carbocycles. The fraction of sp³-hybridized carbons (Fsp3) is 0.429. The second kappa shape index (κ2) is 8.16. The predicted molar refractivity (Wildman–Crippen MR) is 107 cm³/mol. The smallest absolute Gasteiger partial charge is 0.272 e. The van der Waals surface area contributed by atoms with Crippen molar-refractivity contribution in [1.29, 1.82) is 0 Å². The molecule has 28 heavy (non-hydrogen) atoms. The summed E-state index contributed by atoms with van der Waals surface area (Å²) in [5, 5.41) is 6.66. The SMILES string of the molecule is COc1cccc(CN[C@@H](C)c2cc(=O)n3[nH]c(C4CCOCC4)cc3n2)c1. The third-order valence-corrected chi connectivity index (χ3v) is 5.34. The van der Waals surface area contributed by atoms with E-state index >= 15 is 0 Å². The molecule has 1 saturated heterocycles. The van der Waals surface area contributed by atoms with Crippen LogP contribution in [0.3, 0.4) is 0 Å². The molecule has 7 nitrogen and oxygen atoms in total. The van der Waals surface area contributed by atoms with Crippen molar-refractivity contribution in [2.45, 2.75) is 38.3 Å². The van der Waals surface area contributed by atoms with E-state index in [9.17, 15) is 4.79 Å². The fourth-order valence-electron chi connectivity index (χ4n) is 3.63. The van der Waals surface area contributed by atoms with E-state index in [0.29, 0.717) is 18.1 Å². The Kier molecular flexibility index (Phi) is 5.45. The fourth-order valence-corrected chi connectivity index (χ4v) is 3.63. The first kappa shape index (κ1) is 18.7. The van der Waals surface area contributed by atoms with Crippen LogP contribution >= 0.6 is 0 Å². The monoisotopic (exact) mass is 382 g/mol. The van der Waals surface area contributed by atoms with E-state index in [0.717, 1.165) is 48.8 Å². The van der Waals surface area contributed by atoms with Gasteiger partial charge >= 0.3 is 0 Å². The van der Waals surface area contributed by atoms with Crippen molar-refractivity contribution >= 4 is 5.65 Å². The summed E-state index contributed by atoms with van der Waals surface area (Å²) < 4.78 is 12.2. The van der Waals surface area contributed by atoms with Crippen LogP contribution in [-0.4, -0.2) is 34.9 Å². The molecule has 3 aromatic rings. The number of nitrogens with one attached hydrogen (secondary N) is 2. The number of methoxy groups -OCH3 is 1. The number of hydrogen-bond donors (Lipinski definition) is 2. The summed E-state index contributed by atoms with van der Waals surface area (Å²) in [7, 11) is 1.66. The van der Waals surface area contributed by atoms with Gasteiger partial charge in [-0.15, -0.1) is 0 Å². The Morgan fingerprint density at radius 1 is 1.32 bits per heavy atom. The van der Waals surface area contributed by atoms with Crippen LogP contribution in [0.25, 0.3) is 5.65 Å². The summed E-state index contributed by atoms with van der Waals surface area (Å²) >= 11 is 0. The van der Waals surface area contributed by atoms with Crippen LogP contribution in [0, 0.1) is 0 Å². The number of aromatic nitrogens is 3. The molecule has 0 spiro atoms. The Labute approximate surface area is 163 Å². The minimum absolute atomic E-state index is 0.0506. The van der Waals surface area contributed by atoms with Crippen molar-refractivity contribution in [3.05, 3.63) is 63.7 Å². The maximum absolute atomic E-state index is 12.6. The zero-order valence-electron chi connectivity index (χ0n) is 16.3. The highest BCUT2D eigenvalue weighted by Crippen LogP contribution is 2.26. The standard InChI is InChI=1S/C21H26N4O3/c1-14(22-13-15-4-3-5-17(10-15)27-2)18-12-21(26)25-20(23-18)11-19(24-25)16-6-8-28-9-7-16/h3-5,10-12,14,16,22,24H,6-9,13H2,1-2H3/t14-/m0/s1. The van der Waals surface area contributed by atoms with E-state index < -0.39 is 0 Å². The molecular formula is C21H26N4O3. The molecule has 3 heterocycles. The van der Waals surface area contributed by atoms with Gasteiger partial charge in [-0.05, 0) is 37.5 Å². The maximum atomic E-state index is 12.6. The lowest BCUT2D eigenvalue weighted by atomic mass is 9.97. The van der Waals surface area contributed by atoms with Crippen LogP contribution in [0.5, 0.6) is 5.75 Å². The van der Waals surface area contributed by atoms with Crippen LogP contribution in [-0.2, 0) is 11.3 Å². The summed E-state index contributed by atoms with van der Waals surface area (Å²) in [5.74, 6) is 1.22. The molecule has 2 aromatic heterocycles. The first-order valence-electron chi connectivity index (χ1n) is 9.70. The molecule has 7 heteroatoms. The van der Waals surface area contributed by atoms with E-state index in [2.05, 4.69) is 10.4 Å². The van der Waals surface area contributed by atoms with E-state index in [1.807, 2.05) is 37.3 Å². The van der Waals surface area contributed by atoms with E-state index in [4.69, 9.17) is 14.5 Å². The Morgan fingerprint density at radius 3 is 2.93 bits per heavy atom. The zero-order valence-corrected chi connectivity index (χ0v) is 16.3. The Balaban J connectivity index is 1.51. The maximum Gasteiger partial charge on any atom is 0.272 e. The van der Waals surface area contributed by atoms with Gasteiger partial charge in [0.05, 0.1) is 12.8 Å². The second-order valence-corrected chi connectivity index (χ2v) is 7.27. The number of hydrogen-bond acceptors (Lipinski definition) is 5. The molecular weight excluding hydrogens is 356 g/mol. The average Bonchev–Trinajstić information content (AvgIpc) is 3.18. The molecule has 0 radical (unpaired) electrons. The van der Waals surface area contributed by atoms with Crippen LogP contribution in [0.15, 0.2) is 41.2 Å². The van der Waals surface area contributed by atoms with E-state index in [-0.39, 0.29) is 11.6 Å². The molecule has 1 fully saturated rings. The summed E-state index contributed by atoms with van der Waals surface area (Å²) in [4.78, 5) is 17.3. The number of aromatic amines is 1. The first-order chi connectivity index (χ1) is 13.6. The second-order valence-electron chi connectivity index (χ2n) is 7.27. The number of rotatable bonds is 6. The van der Waals surface area contributed by atoms with E-state index in [1.54, 1.807) is 13.2 Å². The number of ether oxygens (including phenoxy) is 2. The van der Waals surface area contributed by atoms with Crippen molar-refractivity contribution in [1.82, 2.24) is 19.9 Å². The van der Waals surface area contributed by atoms with Gasteiger partial charge in [0, 0.05) is 49.5 Å². The molecule has 0 amide bonds. The molecule has 1 aliphatic rings. The molecule has 1 aromatic carbocycles. The highest BCUT2D eigenvalue weighted by molar-refractivity contribution is 5.41. The lowest BCUT2D eigenvalue weighted by Crippen LogP contribution is -2.23. The van der Waals surface area contributed by atoms with Crippen molar-refractivity contribution in [2.75, 3.05) is 20.3 Å². The zero-order chi connectivity index (χ0) is 19.5. The lowest BCUT2D eigenvalue weighted by molar-refractivity contribution is 0.0844. The molecule has 2 N–H and O–H groups in total. The van der Waals surface area contributed by atoms with Gasteiger partial charge in [0.25, 0.3) is 5.56 Å². The largest absolute Gasteiger partial charge is 0.497 e.